The highest BCUT2D eigenvalue weighted by Crippen LogP contribution is 2.33. The van der Waals surface area contributed by atoms with Crippen molar-refractivity contribution < 1.29 is 4.79 Å². The lowest BCUT2D eigenvalue weighted by atomic mass is 9.74. The molecule has 0 spiro atoms. The Kier molecular flexibility index (Phi) is 4.60. The van der Waals surface area contributed by atoms with Crippen molar-refractivity contribution in [3.63, 3.8) is 0 Å². The van der Waals surface area contributed by atoms with Crippen LogP contribution < -0.4 is 5.73 Å². The molecule has 0 heterocycles. The van der Waals surface area contributed by atoms with E-state index in [1.165, 1.54) is 12.8 Å². The van der Waals surface area contributed by atoms with Crippen LogP contribution in [-0.4, -0.2) is 28.9 Å². The summed E-state index contributed by atoms with van der Waals surface area (Å²) in [5, 5.41) is 0. The van der Waals surface area contributed by atoms with E-state index in [0.29, 0.717) is 12.6 Å². The molecule has 0 aromatic rings. The molecule has 0 aromatic heterocycles. The predicted molar refractivity (Wildman–Crippen MR) is 76.2 cm³/mol. The van der Waals surface area contributed by atoms with Crippen LogP contribution in [0.1, 0.15) is 53.4 Å². The minimum Gasteiger partial charge on any atom is -0.335 e. The van der Waals surface area contributed by atoms with Crippen LogP contribution in [0.15, 0.2) is 12.7 Å². The lowest BCUT2D eigenvalue weighted by molar-refractivity contribution is -0.145. The molecule has 0 saturated heterocycles. The van der Waals surface area contributed by atoms with E-state index in [1.807, 2.05) is 38.7 Å². The summed E-state index contributed by atoms with van der Waals surface area (Å²) in [5.41, 5.74) is 5.09. The van der Waals surface area contributed by atoms with Crippen molar-refractivity contribution >= 4 is 5.91 Å². The van der Waals surface area contributed by atoms with Gasteiger partial charge < -0.3 is 10.6 Å². The summed E-state index contributed by atoms with van der Waals surface area (Å²) in [6.45, 7) is 12.1. The Balaban J connectivity index is 2.91. The molecule has 1 aliphatic rings. The number of amides is 1. The molecule has 1 fully saturated rings. The van der Waals surface area contributed by atoms with Gasteiger partial charge in [-0.25, -0.2) is 0 Å². The summed E-state index contributed by atoms with van der Waals surface area (Å²) in [6, 6.07) is 0.372. The Morgan fingerprint density at radius 2 is 1.83 bits per heavy atom. The Morgan fingerprint density at radius 1 is 1.33 bits per heavy atom. The van der Waals surface area contributed by atoms with E-state index >= 15 is 0 Å². The average Bonchev–Trinajstić information content (AvgIpc) is 2.76. The van der Waals surface area contributed by atoms with Gasteiger partial charge in [-0.3, -0.25) is 4.79 Å². The van der Waals surface area contributed by atoms with E-state index in [4.69, 9.17) is 5.73 Å². The first-order chi connectivity index (χ1) is 8.21. The second-order valence-corrected chi connectivity index (χ2v) is 6.53. The molecule has 2 N–H and O–H groups in total. The van der Waals surface area contributed by atoms with Crippen LogP contribution in [0.5, 0.6) is 0 Å². The summed E-state index contributed by atoms with van der Waals surface area (Å²) in [6.07, 6.45) is 6.48. The van der Waals surface area contributed by atoms with Crippen molar-refractivity contribution in [1.82, 2.24) is 4.90 Å². The van der Waals surface area contributed by atoms with Crippen molar-refractivity contribution in [3.05, 3.63) is 12.7 Å². The molecule has 1 amide bonds. The summed E-state index contributed by atoms with van der Waals surface area (Å²) in [7, 11) is 0. The van der Waals surface area contributed by atoms with Gasteiger partial charge in [0.05, 0.1) is 5.41 Å². The lowest BCUT2D eigenvalue weighted by Crippen LogP contribution is -2.58. The molecular weight excluding hydrogens is 224 g/mol. The quantitative estimate of drug-likeness (QED) is 0.765. The molecule has 1 rings (SSSR count). The zero-order chi connectivity index (χ0) is 14.0. The molecule has 3 heteroatoms. The fourth-order valence-corrected chi connectivity index (χ4v) is 2.39. The van der Waals surface area contributed by atoms with Gasteiger partial charge in [0.1, 0.15) is 0 Å². The van der Waals surface area contributed by atoms with Crippen LogP contribution in [0.2, 0.25) is 0 Å². The number of nitrogens with two attached hydrogens (primary N) is 1. The first kappa shape index (κ1) is 15.2. The molecule has 18 heavy (non-hydrogen) atoms. The van der Waals surface area contributed by atoms with Crippen molar-refractivity contribution in [1.29, 1.82) is 0 Å². The zero-order valence-electron chi connectivity index (χ0n) is 12.3. The first-order valence-corrected chi connectivity index (χ1v) is 6.92. The SMILES string of the molecule is C=CCN(C(=O)C(C)(C)C(C)(C)N)C1CCCC1. The van der Waals surface area contributed by atoms with Gasteiger partial charge in [-0.1, -0.05) is 18.9 Å². The highest BCUT2D eigenvalue weighted by molar-refractivity contribution is 5.84. The van der Waals surface area contributed by atoms with Gasteiger partial charge in [0.25, 0.3) is 0 Å². The van der Waals surface area contributed by atoms with E-state index in [2.05, 4.69) is 6.58 Å². The standard InChI is InChI=1S/C15H28N2O/c1-6-11-17(12-9-7-8-10-12)13(18)14(2,3)15(4,5)16/h6,12H,1,7-11,16H2,2-5H3. The maximum absolute atomic E-state index is 12.8. The third-order valence-electron chi connectivity index (χ3n) is 4.50. The number of carbonyl (C=O) groups is 1. The van der Waals surface area contributed by atoms with E-state index < -0.39 is 11.0 Å². The molecule has 1 saturated carbocycles. The average molecular weight is 252 g/mol. The molecule has 0 atom stereocenters. The van der Waals surface area contributed by atoms with E-state index in [0.717, 1.165) is 12.8 Å². The van der Waals surface area contributed by atoms with Crippen LogP contribution >= 0.6 is 0 Å². The van der Waals surface area contributed by atoms with Gasteiger partial charge >= 0.3 is 0 Å². The molecule has 0 radical (unpaired) electrons. The number of carbonyl (C=O) groups excluding carboxylic acids is 1. The second-order valence-electron chi connectivity index (χ2n) is 6.53. The maximum atomic E-state index is 12.8. The minimum absolute atomic E-state index is 0.154. The highest BCUT2D eigenvalue weighted by Gasteiger charge is 2.44. The van der Waals surface area contributed by atoms with E-state index in [9.17, 15) is 4.79 Å². The monoisotopic (exact) mass is 252 g/mol. The Bertz CT molecular complexity index is 309. The number of nitrogens with zero attached hydrogens (tertiary/aromatic N) is 1. The molecular formula is C15H28N2O. The molecule has 1 aliphatic carbocycles. The smallest absolute Gasteiger partial charge is 0.230 e. The lowest BCUT2D eigenvalue weighted by Gasteiger charge is -2.42. The summed E-state index contributed by atoms with van der Waals surface area (Å²) < 4.78 is 0. The first-order valence-electron chi connectivity index (χ1n) is 6.92. The highest BCUT2D eigenvalue weighted by atomic mass is 16.2. The molecule has 0 aliphatic heterocycles. The third-order valence-corrected chi connectivity index (χ3v) is 4.50. The second kappa shape index (κ2) is 5.43. The molecule has 104 valence electrons. The van der Waals surface area contributed by atoms with Crippen molar-refractivity contribution in [3.8, 4) is 0 Å². The summed E-state index contributed by atoms with van der Waals surface area (Å²) in [5.74, 6) is 0.154. The van der Waals surface area contributed by atoms with Crippen molar-refractivity contribution in [2.45, 2.75) is 65.0 Å². The Morgan fingerprint density at radius 3 is 2.22 bits per heavy atom. The molecule has 0 bridgehead atoms. The minimum atomic E-state index is -0.557. The van der Waals surface area contributed by atoms with Gasteiger partial charge in [0.2, 0.25) is 5.91 Å². The molecule has 0 unspecified atom stereocenters. The largest absolute Gasteiger partial charge is 0.335 e. The number of hydrogen-bond donors (Lipinski definition) is 1. The van der Waals surface area contributed by atoms with Gasteiger partial charge in [0.15, 0.2) is 0 Å². The van der Waals surface area contributed by atoms with Gasteiger partial charge in [0, 0.05) is 18.1 Å². The van der Waals surface area contributed by atoms with Gasteiger partial charge in [-0.05, 0) is 40.5 Å². The topological polar surface area (TPSA) is 46.3 Å². The maximum Gasteiger partial charge on any atom is 0.230 e. The van der Waals surface area contributed by atoms with Crippen LogP contribution in [-0.2, 0) is 4.79 Å². The van der Waals surface area contributed by atoms with Gasteiger partial charge in [-0.2, -0.15) is 0 Å². The van der Waals surface area contributed by atoms with Crippen LogP contribution in [0, 0.1) is 5.41 Å². The summed E-state index contributed by atoms with van der Waals surface area (Å²) in [4.78, 5) is 14.8. The molecule has 0 aromatic carbocycles. The zero-order valence-corrected chi connectivity index (χ0v) is 12.3. The van der Waals surface area contributed by atoms with Crippen LogP contribution in [0.4, 0.5) is 0 Å². The fourth-order valence-electron chi connectivity index (χ4n) is 2.39. The van der Waals surface area contributed by atoms with E-state index in [1.54, 1.807) is 0 Å². The third kappa shape index (κ3) is 2.94. The predicted octanol–water partition coefficient (Wildman–Crippen LogP) is 2.71. The van der Waals surface area contributed by atoms with Crippen molar-refractivity contribution in [2.75, 3.05) is 6.54 Å². The van der Waals surface area contributed by atoms with Crippen LogP contribution in [0.3, 0.4) is 0 Å². The number of hydrogen-bond acceptors (Lipinski definition) is 2. The fraction of sp³-hybridized carbons (Fsp3) is 0.800. The summed E-state index contributed by atoms with van der Waals surface area (Å²) >= 11 is 0. The number of rotatable bonds is 5. The van der Waals surface area contributed by atoms with Crippen molar-refractivity contribution in [2.24, 2.45) is 11.1 Å². The van der Waals surface area contributed by atoms with E-state index in [-0.39, 0.29) is 5.91 Å². The Hall–Kier alpha value is -0.830. The Labute approximate surface area is 111 Å². The van der Waals surface area contributed by atoms with Crippen LogP contribution in [0.25, 0.3) is 0 Å². The van der Waals surface area contributed by atoms with Gasteiger partial charge in [-0.15, -0.1) is 6.58 Å². The molecule has 3 nitrogen and oxygen atoms in total. The normalized spacial score (nSPS) is 17.8.